The number of nitrogens with zero attached hydrogens (tertiary/aromatic N) is 2. The van der Waals surface area contributed by atoms with Crippen molar-refractivity contribution in [2.45, 2.75) is 58.0 Å². The summed E-state index contributed by atoms with van der Waals surface area (Å²) in [6, 6.07) is 7.75. The predicted octanol–water partition coefficient (Wildman–Crippen LogP) is 3.89. The molecule has 2 aliphatic rings. The van der Waals surface area contributed by atoms with Crippen LogP contribution in [-0.2, 0) is 17.8 Å². The minimum atomic E-state index is -0.679. The predicted molar refractivity (Wildman–Crippen MR) is 108 cm³/mol. The second kappa shape index (κ2) is 7.24. The Morgan fingerprint density at radius 2 is 1.96 bits per heavy atom. The number of carbonyl (C=O) groups excluding carboxylic acids is 2. The Morgan fingerprint density at radius 3 is 2.68 bits per heavy atom. The quantitative estimate of drug-likeness (QED) is 0.796. The molecule has 0 bridgehead atoms. The fourth-order valence-electron chi connectivity index (χ4n) is 4.57. The first-order valence-electron chi connectivity index (χ1n) is 10.3. The molecule has 3 amide bonds. The number of carbonyl (C=O) groups is 2. The van der Waals surface area contributed by atoms with Gasteiger partial charge in [0, 0.05) is 23.9 Å². The van der Waals surface area contributed by atoms with Crippen molar-refractivity contribution in [2.24, 2.45) is 5.92 Å². The molecule has 1 aromatic heterocycles. The fourth-order valence-corrected chi connectivity index (χ4v) is 4.57. The SMILES string of the molecule is CCc1oc2ccccc2c1CN(C)CN1C(=O)NC2(CCC(C)CC2)C1=O. The van der Waals surface area contributed by atoms with Crippen LogP contribution in [0.25, 0.3) is 11.0 Å². The number of para-hydroxylation sites is 1. The summed E-state index contributed by atoms with van der Waals surface area (Å²) in [5.74, 6) is 1.51. The van der Waals surface area contributed by atoms with E-state index in [9.17, 15) is 9.59 Å². The zero-order valence-corrected chi connectivity index (χ0v) is 17.0. The highest BCUT2D eigenvalue weighted by molar-refractivity contribution is 6.07. The van der Waals surface area contributed by atoms with Crippen molar-refractivity contribution in [3.63, 3.8) is 0 Å². The highest BCUT2D eigenvalue weighted by Gasteiger charge is 2.52. The topological polar surface area (TPSA) is 65.8 Å². The van der Waals surface area contributed by atoms with E-state index < -0.39 is 5.54 Å². The van der Waals surface area contributed by atoms with Crippen molar-refractivity contribution in [1.29, 1.82) is 0 Å². The molecule has 4 rings (SSSR count). The van der Waals surface area contributed by atoms with Gasteiger partial charge in [0.25, 0.3) is 5.91 Å². The number of urea groups is 1. The van der Waals surface area contributed by atoms with Crippen LogP contribution < -0.4 is 5.32 Å². The lowest BCUT2D eigenvalue weighted by atomic mass is 9.77. The second-order valence-corrected chi connectivity index (χ2v) is 8.44. The van der Waals surface area contributed by atoms with Crippen molar-refractivity contribution in [3.05, 3.63) is 35.6 Å². The maximum atomic E-state index is 13.1. The average Bonchev–Trinajstić information content (AvgIpc) is 3.15. The van der Waals surface area contributed by atoms with Crippen molar-refractivity contribution in [3.8, 4) is 0 Å². The first kappa shape index (κ1) is 19.0. The molecule has 1 aliphatic heterocycles. The van der Waals surface area contributed by atoms with Gasteiger partial charge in [-0.2, -0.15) is 0 Å². The third kappa shape index (κ3) is 3.20. The molecule has 0 unspecified atom stereocenters. The van der Waals surface area contributed by atoms with Crippen LogP contribution in [0.3, 0.4) is 0 Å². The molecule has 6 nitrogen and oxygen atoms in total. The summed E-state index contributed by atoms with van der Waals surface area (Å²) in [6.45, 7) is 5.19. The van der Waals surface area contributed by atoms with Crippen molar-refractivity contribution in [2.75, 3.05) is 13.7 Å². The molecule has 1 saturated carbocycles. The molecule has 6 heteroatoms. The molecule has 1 aromatic carbocycles. The lowest BCUT2D eigenvalue weighted by Gasteiger charge is -2.33. The molecule has 0 radical (unpaired) electrons. The highest BCUT2D eigenvalue weighted by Crippen LogP contribution is 2.36. The number of fused-ring (bicyclic) bond motifs is 1. The fraction of sp³-hybridized carbons (Fsp3) is 0.545. The van der Waals surface area contributed by atoms with Gasteiger partial charge in [0.15, 0.2) is 0 Å². The van der Waals surface area contributed by atoms with Crippen LogP contribution in [0.15, 0.2) is 28.7 Å². The molecule has 0 atom stereocenters. The molecular weight excluding hydrogens is 354 g/mol. The number of nitrogens with one attached hydrogen (secondary N) is 1. The Balaban J connectivity index is 1.49. The Morgan fingerprint density at radius 1 is 1.25 bits per heavy atom. The Bertz CT molecular complexity index is 896. The molecule has 1 N–H and O–H groups in total. The number of amides is 3. The third-order valence-corrected chi connectivity index (χ3v) is 6.29. The van der Waals surface area contributed by atoms with Crippen molar-refractivity contribution in [1.82, 2.24) is 15.1 Å². The molecule has 1 spiro atoms. The van der Waals surface area contributed by atoms with Crippen LogP contribution in [0.2, 0.25) is 0 Å². The normalized spacial score (nSPS) is 25.3. The number of benzene rings is 1. The van der Waals surface area contributed by atoms with Crippen LogP contribution in [0.1, 0.15) is 50.9 Å². The number of furan rings is 1. The van der Waals surface area contributed by atoms with E-state index in [4.69, 9.17) is 4.42 Å². The molecule has 2 heterocycles. The van der Waals surface area contributed by atoms with Gasteiger partial charge in [0.1, 0.15) is 16.9 Å². The van der Waals surface area contributed by atoms with Crippen molar-refractivity contribution < 1.29 is 14.0 Å². The van der Waals surface area contributed by atoms with Crippen LogP contribution in [0.5, 0.6) is 0 Å². The van der Waals surface area contributed by atoms with E-state index in [0.717, 1.165) is 54.4 Å². The van der Waals surface area contributed by atoms with Gasteiger partial charge < -0.3 is 9.73 Å². The second-order valence-electron chi connectivity index (χ2n) is 8.44. The lowest BCUT2D eigenvalue weighted by molar-refractivity contribution is -0.134. The van der Waals surface area contributed by atoms with E-state index in [-0.39, 0.29) is 18.6 Å². The van der Waals surface area contributed by atoms with E-state index >= 15 is 0 Å². The highest BCUT2D eigenvalue weighted by atomic mass is 16.3. The minimum Gasteiger partial charge on any atom is -0.461 e. The van der Waals surface area contributed by atoms with Crippen LogP contribution >= 0.6 is 0 Å². The van der Waals surface area contributed by atoms with E-state index in [1.807, 2.05) is 30.1 Å². The van der Waals surface area contributed by atoms with Gasteiger partial charge in [-0.15, -0.1) is 0 Å². The first-order valence-corrected chi connectivity index (χ1v) is 10.3. The van der Waals surface area contributed by atoms with Gasteiger partial charge in [-0.1, -0.05) is 32.0 Å². The summed E-state index contributed by atoms with van der Waals surface area (Å²) in [4.78, 5) is 29.0. The van der Waals surface area contributed by atoms with Gasteiger partial charge in [-0.25, -0.2) is 9.69 Å². The molecule has 1 saturated heterocycles. The average molecular weight is 383 g/mol. The van der Waals surface area contributed by atoms with Crippen LogP contribution in [0.4, 0.5) is 4.79 Å². The van der Waals surface area contributed by atoms with Crippen LogP contribution in [-0.4, -0.2) is 41.0 Å². The number of hydrogen-bond donors (Lipinski definition) is 1. The smallest absolute Gasteiger partial charge is 0.326 e. The maximum absolute atomic E-state index is 13.1. The molecule has 2 fully saturated rings. The third-order valence-electron chi connectivity index (χ3n) is 6.29. The number of hydrogen-bond acceptors (Lipinski definition) is 4. The standard InChI is InChI=1S/C22H29N3O3/c1-4-18-17(16-7-5-6-8-19(16)28-18)13-24(3)14-25-20(26)22(23-21(25)27)11-9-15(2)10-12-22/h5-8,15H,4,9-14H2,1-3H3,(H,23,27). The van der Waals surface area contributed by atoms with E-state index in [1.54, 1.807) is 0 Å². The Hall–Kier alpha value is -2.34. The van der Waals surface area contributed by atoms with Crippen LogP contribution in [0, 0.1) is 5.92 Å². The first-order chi connectivity index (χ1) is 13.4. The van der Waals surface area contributed by atoms with E-state index in [2.05, 4.69) is 25.2 Å². The number of imide groups is 1. The largest absolute Gasteiger partial charge is 0.461 e. The Kier molecular flexibility index (Phi) is 4.91. The van der Waals surface area contributed by atoms with E-state index in [0.29, 0.717) is 12.5 Å². The molecule has 1 aliphatic carbocycles. The van der Waals surface area contributed by atoms with E-state index in [1.165, 1.54) is 4.90 Å². The molecule has 2 aromatic rings. The monoisotopic (exact) mass is 383 g/mol. The van der Waals surface area contributed by atoms with Gasteiger partial charge in [0.2, 0.25) is 0 Å². The minimum absolute atomic E-state index is 0.0657. The molecule has 28 heavy (non-hydrogen) atoms. The summed E-state index contributed by atoms with van der Waals surface area (Å²) in [5, 5.41) is 4.10. The summed E-state index contributed by atoms with van der Waals surface area (Å²) >= 11 is 0. The molecular formula is C22H29N3O3. The van der Waals surface area contributed by atoms with Crippen molar-refractivity contribution >= 4 is 22.9 Å². The number of aryl methyl sites for hydroxylation is 1. The number of rotatable bonds is 5. The summed E-state index contributed by atoms with van der Waals surface area (Å²) in [6.07, 6.45) is 4.26. The molecule has 150 valence electrons. The Labute approximate surface area is 165 Å². The van der Waals surface area contributed by atoms with Gasteiger partial charge in [-0.05, 0) is 44.7 Å². The van der Waals surface area contributed by atoms with Gasteiger partial charge in [0.05, 0.1) is 6.67 Å². The summed E-state index contributed by atoms with van der Waals surface area (Å²) in [7, 11) is 1.94. The van der Waals surface area contributed by atoms with Gasteiger partial charge >= 0.3 is 6.03 Å². The maximum Gasteiger partial charge on any atom is 0.326 e. The lowest BCUT2D eigenvalue weighted by Crippen LogP contribution is -2.49. The van der Waals surface area contributed by atoms with Gasteiger partial charge in [-0.3, -0.25) is 9.69 Å². The zero-order valence-electron chi connectivity index (χ0n) is 17.0. The summed E-state index contributed by atoms with van der Waals surface area (Å²) in [5.41, 5.74) is 1.34. The zero-order chi connectivity index (χ0) is 19.9. The summed E-state index contributed by atoms with van der Waals surface area (Å²) < 4.78 is 5.98.